The number of benzene rings is 1. The number of ether oxygens (including phenoxy) is 1. The topological polar surface area (TPSA) is 91.0 Å². The van der Waals surface area contributed by atoms with E-state index in [0.717, 1.165) is 5.56 Å². The highest BCUT2D eigenvalue weighted by Gasteiger charge is 2.40. The lowest BCUT2D eigenvalue weighted by Gasteiger charge is -2.31. The van der Waals surface area contributed by atoms with Crippen molar-refractivity contribution >= 4 is 34.8 Å². The Hall–Kier alpha value is -3.17. The molecule has 2 atom stereocenters. The van der Waals surface area contributed by atoms with Gasteiger partial charge in [-0.15, -0.1) is 11.3 Å². The largest absolute Gasteiger partial charge is 0.465 e. The highest BCUT2D eigenvalue weighted by atomic mass is 32.1. The fraction of sp³-hybridized carbons (Fsp3) is 0.250. The second kappa shape index (κ2) is 8.06. The van der Waals surface area contributed by atoms with Gasteiger partial charge in [0.05, 0.1) is 18.8 Å². The summed E-state index contributed by atoms with van der Waals surface area (Å²) in [4.78, 5) is 38.8. The van der Waals surface area contributed by atoms with Gasteiger partial charge in [-0.1, -0.05) is 30.3 Å². The van der Waals surface area contributed by atoms with Crippen molar-refractivity contribution < 1.29 is 19.1 Å². The van der Waals surface area contributed by atoms with Gasteiger partial charge in [-0.05, 0) is 23.4 Å². The Morgan fingerprint density at radius 3 is 2.79 bits per heavy atom. The second-order valence-corrected chi connectivity index (χ2v) is 7.63. The Bertz CT molecular complexity index is 958. The minimum absolute atomic E-state index is 0.0389. The van der Waals surface area contributed by atoms with Gasteiger partial charge in [0.15, 0.2) is 0 Å². The van der Waals surface area contributed by atoms with Crippen molar-refractivity contribution in [2.24, 2.45) is 0 Å². The molecule has 29 heavy (non-hydrogen) atoms. The van der Waals surface area contributed by atoms with Gasteiger partial charge in [0.25, 0.3) is 5.91 Å². The van der Waals surface area contributed by atoms with Crippen LogP contribution in [0, 0.1) is 0 Å². The van der Waals surface area contributed by atoms with E-state index < -0.39 is 5.97 Å². The van der Waals surface area contributed by atoms with Gasteiger partial charge in [0.1, 0.15) is 17.5 Å². The number of carbonyl (C=O) groups is 3. The highest BCUT2D eigenvalue weighted by Crippen LogP contribution is 2.30. The first-order valence-electron chi connectivity index (χ1n) is 9.10. The Kier molecular flexibility index (Phi) is 5.32. The van der Waals surface area contributed by atoms with Crippen molar-refractivity contribution in [3.63, 3.8) is 0 Å². The number of anilines is 1. The zero-order valence-corrected chi connectivity index (χ0v) is 16.5. The molecule has 0 saturated carbocycles. The van der Waals surface area contributed by atoms with E-state index in [-0.39, 0.29) is 30.4 Å². The molecule has 1 aromatic heterocycles. The monoisotopic (exact) mass is 412 g/mol. The summed E-state index contributed by atoms with van der Waals surface area (Å²) in [6, 6.07) is 11.2. The van der Waals surface area contributed by atoms with Gasteiger partial charge in [-0.25, -0.2) is 10.2 Å². The summed E-state index contributed by atoms with van der Waals surface area (Å²) < 4.78 is 4.71. The lowest BCUT2D eigenvalue weighted by molar-refractivity contribution is -0.137. The van der Waals surface area contributed by atoms with Crippen molar-refractivity contribution in [1.29, 1.82) is 0 Å². The van der Waals surface area contributed by atoms with Crippen LogP contribution in [0.5, 0.6) is 0 Å². The maximum atomic E-state index is 12.9. The van der Waals surface area contributed by atoms with Gasteiger partial charge in [-0.3, -0.25) is 9.59 Å². The Balaban J connectivity index is 1.39. The quantitative estimate of drug-likeness (QED) is 0.731. The van der Waals surface area contributed by atoms with E-state index >= 15 is 0 Å². The van der Waals surface area contributed by atoms with Crippen LogP contribution in [0.1, 0.15) is 27.7 Å². The molecule has 2 N–H and O–H groups in total. The van der Waals surface area contributed by atoms with E-state index in [1.54, 1.807) is 28.9 Å². The number of nitrogens with zero attached hydrogens (tertiary/aromatic N) is 2. The maximum absolute atomic E-state index is 12.9. The Morgan fingerprint density at radius 1 is 1.24 bits per heavy atom. The number of fused-ring (bicyclic) bond motifs is 1. The molecule has 2 aliphatic rings. The first kappa shape index (κ1) is 19.2. The van der Waals surface area contributed by atoms with Crippen molar-refractivity contribution in [3.05, 3.63) is 64.6 Å². The standard InChI is InChI=1S/C20H20N4O4S/c1-28-20(27)18-14(7-10-29-18)21-17(25)12-23-8-9-24-16(19(23)26)11-15(22-24)13-5-3-2-4-6-13/h2-10,15-16,22H,11-12H2,1H3,(H,21,25). The number of nitrogens with one attached hydrogen (secondary N) is 2. The molecule has 0 radical (unpaired) electrons. The summed E-state index contributed by atoms with van der Waals surface area (Å²) in [6.45, 7) is -0.133. The molecular weight excluding hydrogens is 392 g/mol. The van der Waals surface area contributed by atoms with E-state index in [1.165, 1.54) is 23.3 Å². The first-order chi connectivity index (χ1) is 14.1. The summed E-state index contributed by atoms with van der Waals surface area (Å²) in [7, 11) is 1.29. The second-order valence-electron chi connectivity index (χ2n) is 6.72. The average molecular weight is 412 g/mol. The molecule has 150 valence electrons. The number of carbonyl (C=O) groups excluding carboxylic acids is 3. The lowest BCUT2D eigenvalue weighted by atomic mass is 10.0. The zero-order valence-electron chi connectivity index (χ0n) is 15.7. The minimum atomic E-state index is -0.510. The normalized spacial score (nSPS) is 20.5. The van der Waals surface area contributed by atoms with Crippen LogP contribution in [0.3, 0.4) is 0 Å². The lowest BCUT2D eigenvalue weighted by Crippen LogP contribution is -2.49. The van der Waals surface area contributed by atoms with Crippen LogP contribution in [-0.4, -0.2) is 47.4 Å². The molecular formula is C20H20N4O4S. The summed E-state index contributed by atoms with van der Waals surface area (Å²) in [5, 5.41) is 6.17. The number of esters is 1. The predicted octanol–water partition coefficient (Wildman–Crippen LogP) is 2.11. The Morgan fingerprint density at radius 2 is 2.03 bits per heavy atom. The zero-order chi connectivity index (χ0) is 20.4. The van der Waals surface area contributed by atoms with Crippen LogP contribution in [0.15, 0.2) is 54.2 Å². The Labute approximate surface area is 171 Å². The number of methoxy groups -OCH3 is 1. The van der Waals surface area contributed by atoms with Gasteiger partial charge >= 0.3 is 5.97 Å². The van der Waals surface area contributed by atoms with Crippen LogP contribution in [-0.2, 0) is 14.3 Å². The third kappa shape index (κ3) is 3.87. The molecule has 9 heteroatoms. The molecule has 1 saturated heterocycles. The smallest absolute Gasteiger partial charge is 0.350 e. The summed E-state index contributed by atoms with van der Waals surface area (Å²) >= 11 is 1.18. The predicted molar refractivity (Wildman–Crippen MR) is 108 cm³/mol. The van der Waals surface area contributed by atoms with Gasteiger partial charge in [-0.2, -0.15) is 0 Å². The van der Waals surface area contributed by atoms with Crippen molar-refractivity contribution in [1.82, 2.24) is 15.3 Å². The third-order valence-electron chi connectivity index (χ3n) is 4.90. The molecule has 0 aliphatic carbocycles. The number of rotatable bonds is 5. The number of hydrazine groups is 1. The molecule has 2 amide bonds. The van der Waals surface area contributed by atoms with Crippen molar-refractivity contribution in [2.75, 3.05) is 19.0 Å². The number of thiophene rings is 1. The number of amides is 2. The average Bonchev–Trinajstić information content (AvgIpc) is 3.37. The van der Waals surface area contributed by atoms with Crippen LogP contribution in [0.25, 0.3) is 0 Å². The third-order valence-corrected chi connectivity index (χ3v) is 5.80. The van der Waals surface area contributed by atoms with E-state index in [2.05, 4.69) is 10.7 Å². The fourth-order valence-electron chi connectivity index (χ4n) is 3.47. The number of hydrogen-bond donors (Lipinski definition) is 2. The van der Waals surface area contributed by atoms with E-state index in [0.29, 0.717) is 17.0 Å². The number of hydrogen-bond acceptors (Lipinski definition) is 7. The van der Waals surface area contributed by atoms with Crippen molar-refractivity contribution in [3.8, 4) is 0 Å². The van der Waals surface area contributed by atoms with Crippen LogP contribution in [0.2, 0.25) is 0 Å². The summed E-state index contributed by atoms with van der Waals surface area (Å²) in [5.41, 5.74) is 4.82. The summed E-state index contributed by atoms with van der Waals surface area (Å²) in [5.74, 6) is -1.04. The molecule has 0 spiro atoms. The van der Waals surface area contributed by atoms with Crippen LogP contribution < -0.4 is 10.7 Å². The highest BCUT2D eigenvalue weighted by molar-refractivity contribution is 7.12. The summed E-state index contributed by atoms with van der Waals surface area (Å²) in [6.07, 6.45) is 3.97. The molecule has 2 aliphatic heterocycles. The maximum Gasteiger partial charge on any atom is 0.350 e. The van der Waals surface area contributed by atoms with Gasteiger partial charge in [0.2, 0.25) is 5.91 Å². The fourth-order valence-corrected chi connectivity index (χ4v) is 4.24. The molecule has 1 aromatic carbocycles. The van der Waals surface area contributed by atoms with Crippen LogP contribution in [0.4, 0.5) is 5.69 Å². The van der Waals surface area contributed by atoms with Crippen molar-refractivity contribution in [2.45, 2.75) is 18.5 Å². The molecule has 3 heterocycles. The van der Waals surface area contributed by atoms with E-state index in [9.17, 15) is 14.4 Å². The molecule has 2 aromatic rings. The molecule has 0 bridgehead atoms. The van der Waals surface area contributed by atoms with Gasteiger partial charge < -0.3 is 20.0 Å². The van der Waals surface area contributed by atoms with Crippen LogP contribution >= 0.6 is 11.3 Å². The SMILES string of the molecule is COC(=O)c1sccc1NC(=O)CN1C=CN2NC(c3ccccc3)CC2C1=O. The molecule has 2 unspecified atom stereocenters. The van der Waals surface area contributed by atoms with Gasteiger partial charge in [0, 0.05) is 12.4 Å². The van der Waals surface area contributed by atoms with E-state index in [1.807, 2.05) is 30.3 Å². The molecule has 4 rings (SSSR count). The molecule has 8 nitrogen and oxygen atoms in total. The molecule has 1 fully saturated rings. The van der Waals surface area contributed by atoms with E-state index in [4.69, 9.17) is 4.74 Å². The first-order valence-corrected chi connectivity index (χ1v) is 9.98. The minimum Gasteiger partial charge on any atom is -0.465 e.